The van der Waals surface area contributed by atoms with Gasteiger partial charge in [0.05, 0.1) is 12.2 Å². The van der Waals surface area contributed by atoms with E-state index in [2.05, 4.69) is 37.6 Å². The number of hydrogen-bond acceptors (Lipinski definition) is 10. The summed E-state index contributed by atoms with van der Waals surface area (Å²) in [5, 5.41) is 20.0. The van der Waals surface area contributed by atoms with Gasteiger partial charge >= 0.3 is 269 Å². The van der Waals surface area contributed by atoms with Crippen LogP contribution in [0.2, 0.25) is 0 Å². The summed E-state index contributed by atoms with van der Waals surface area (Å²) in [4.78, 5) is 54.7. The first kappa shape index (κ1) is 54.5. The monoisotopic (exact) mass is 1180 g/mol. The van der Waals surface area contributed by atoms with Crippen LogP contribution in [-0.2, 0) is 22.2 Å². The number of hydrogen-bond donors (Lipinski definition) is 4. The van der Waals surface area contributed by atoms with Gasteiger partial charge in [-0.3, -0.25) is 9.59 Å². The molecule has 5 N–H and O–H groups in total. The Labute approximate surface area is 455 Å². The number of aryl methyl sites for hydroxylation is 1. The minimum absolute atomic E-state index is 0.0223. The van der Waals surface area contributed by atoms with Crippen molar-refractivity contribution in [2.45, 2.75) is 100 Å². The zero-order valence-electron chi connectivity index (χ0n) is 43.9. The Morgan fingerprint density at radius 3 is 2.35 bits per heavy atom. The summed E-state index contributed by atoms with van der Waals surface area (Å²) >= 11 is -0.432. The topological polar surface area (TPSA) is 185 Å². The zero-order chi connectivity index (χ0) is 54.6. The summed E-state index contributed by atoms with van der Waals surface area (Å²) in [5.74, 6) is -4.53. The quantitative estimate of drug-likeness (QED) is 0.0515. The van der Waals surface area contributed by atoms with Crippen molar-refractivity contribution in [2.75, 3.05) is 57.4 Å². The van der Waals surface area contributed by atoms with Gasteiger partial charge in [-0.1, -0.05) is 37.3 Å². The zero-order valence-corrected chi connectivity index (χ0v) is 46.1. The van der Waals surface area contributed by atoms with Gasteiger partial charge in [-0.25, -0.2) is 8.78 Å². The predicted octanol–water partition coefficient (Wildman–Crippen LogP) is 4.93. The van der Waals surface area contributed by atoms with Gasteiger partial charge in [-0.05, 0) is 35.7 Å². The normalized spacial score (nSPS) is 26.0. The number of benzene rings is 4. The van der Waals surface area contributed by atoms with E-state index in [9.17, 15) is 24.3 Å². The summed E-state index contributed by atoms with van der Waals surface area (Å²) in [7, 11) is 1.57. The Bertz CT molecular complexity index is 3120. The van der Waals surface area contributed by atoms with Gasteiger partial charge in [-0.15, -0.1) is 0 Å². The standard InChI is InChI=1S/C57H66F4IN8O7/c1-30-28-69(21-17-37(30)48-41(59)25-39-52(51(48)61)67(5)66-54(39)70-22-19-45(72)65-56(70)75)62-42-18-20-68(27-31(42)2)55(74)34-11-13-36(14-12-34)64-29-57(35-9-7-6-8-10-35)33(4)47-44(77-57)26-40(58)32(3)46(47)49-38(53(63)73)15-16-43(50(49)60)76-24-23-71/h6-10,15-16,25-26,30-31,33-34,36-37,42,64,71H,11-14,17-24,27-29H2,1-5H3,(H2,63,73)(H,65,72,75)/q-1/t30-,31+,33-,34?,36?,37+,42?,57-/m0/s1. The molecule has 412 valence electrons. The fourth-order valence-electron chi connectivity index (χ4n) is 12.7. The third-order valence-corrected chi connectivity index (χ3v) is 21.1. The van der Waals surface area contributed by atoms with Gasteiger partial charge in [0.1, 0.15) is 18.2 Å². The molecule has 5 aromatic rings. The van der Waals surface area contributed by atoms with Crippen molar-refractivity contribution in [1.82, 2.24) is 28.4 Å². The van der Waals surface area contributed by atoms with Crippen molar-refractivity contribution in [3.05, 3.63) is 106 Å². The van der Waals surface area contributed by atoms with Crippen molar-refractivity contribution in [2.24, 2.45) is 30.5 Å². The Morgan fingerprint density at radius 1 is 0.909 bits per heavy atom. The number of aliphatic hydroxyl groups excluding tert-OH is 1. The molecule has 1 aromatic heterocycles. The van der Waals surface area contributed by atoms with Gasteiger partial charge in [-0.2, -0.15) is 0 Å². The van der Waals surface area contributed by atoms with E-state index in [1.54, 1.807) is 7.05 Å². The van der Waals surface area contributed by atoms with E-state index >= 15 is 17.6 Å². The number of nitrogens with zero attached hydrogens (tertiary/aromatic N) is 5. The van der Waals surface area contributed by atoms with E-state index in [1.807, 2.05) is 37.3 Å². The van der Waals surface area contributed by atoms with Gasteiger partial charge in [0.2, 0.25) is 11.8 Å². The number of urea groups is 1. The number of carbonyl (C=O) groups excluding carboxylic acids is 4. The average molecular weight is 1180 g/mol. The number of imide groups is 1. The molecule has 5 aliphatic rings. The third kappa shape index (κ3) is 10.2. The van der Waals surface area contributed by atoms with Crippen LogP contribution in [0.15, 0.2) is 54.6 Å². The van der Waals surface area contributed by atoms with Crippen molar-refractivity contribution < 1.29 is 72.8 Å². The number of likely N-dealkylation sites (tertiary alicyclic amines) is 1. The smallest absolute Gasteiger partial charge is 0.00274 e. The number of aromatic nitrogens is 2. The number of primary amides is 1. The van der Waals surface area contributed by atoms with Crippen molar-refractivity contribution >= 4 is 40.5 Å². The van der Waals surface area contributed by atoms with E-state index in [0.29, 0.717) is 54.3 Å². The van der Waals surface area contributed by atoms with Crippen LogP contribution < -0.4 is 52.2 Å². The Kier molecular flexibility index (Phi) is 15.7. The number of alkyl halides is 1. The molecule has 77 heavy (non-hydrogen) atoms. The van der Waals surface area contributed by atoms with Gasteiger partial charge in [0.15, 0.2) is 11.6 Å². The molecule has 1 saturated carbocycles. The molecule has 1 unspecified atom stereocenters. The second-order valence-electron chi connectivity index (χ2n) is 21.6. The molecule has 4 aliphatic heterocycles. The number of amides is 5. The molecule has 20 heteroatoms. The number of nitrogens with one attached hydrogen (secondary N) is 2. The second kappa shape index (κ2) is 22.1. The molecule has 5 heterocycles. The maximum absolute atomic E-state index is 16.6. The number of rotatable bonds is 14. The molecule has 6 atom stereocenters. The third-order valence-electron chi connectivity index (χ3n) is 16.9. The number of anilines is 1. The Balaban J connectivity index is 0.757. The molecule has 4 aromatic carbocycles. The fraction of sp³-hybridized carbons (Fsp3) is 0.491. The minimum Gasteiger partial charge on any atom is -0.480 e. The van der Waals surface area contributed by atoms with E-state index in [0.717, 1.165) is 37.9 Å². The number of ether oxygens (including phenoxy) is 2. The predicted molar refractivity (Wildman–Crippen MR) is 277 cm³/mol. The first-order valence-corrected chi connectivity index (χ1v) is 28.9. The minimum atomic E-state index is -1.08. The van der Waals surface area contributed by atoms with Crippen molar-refractivity contribution in [3.8, 4) is 22.6 Å². The van der Waals surface area contributed by atoms with E-state index in [-0.39, 0.29) is 112 Å². The molecule has 5 amide bonds. The molecular formula is C57H66F4IN8O7-. The van der Waals surface area contributed by atoms with Gasteiger partial charge in [0, 0.05) is 23.1 Å². The van der Waals surface area contributed by atoms with Crippen molar-refractivity contribution in [3.63, 3.8) is 0 Å². The van der Waals surface area contributed by atoms with E-state index in [1.165, 1.54) is 40.8 Å². The molecule has 15 nitrogen and oxygen atoms in total. The molecule has 3 saturated heterocycles. The average Bonchev–Trinajstić information content (AvgIpc) is 3.89. The number of aliphatic hydroxyl groups is 1. The molecule has 4 fully saturated rings. The van der Waals surface area contributed by atoms with Crippen LogP contribution >= 0.6 is 0 Å². The first-order chi connectivity index (χ1) is 36.9. The summed E-state index contributed by atoms with van der Waals surface area (Å²) < 4.78 is 81.8. The van der Waals surface area contributed by atoms with E-state index in [4.69, 9.17) is 15.2 Å². The number of halogens is 5. The van der Waals surface area contributed by atoms with Crippen LogP contribution in [0.25, 0.3) is 22.0 Å². The summed E-state index contributed by atoms with van der Waals surface area (Å²) in [5.41, 5.74) is 6.20. The maximum atomic E-state index is 16.6. The van der Waals surface area contributed by atoms with Crippen LogP contribution in [0.1, 0.15) is 110 Å². The molecule has 0 radical (unpaired) electrons. The first-order valence-electron chi connectivity index (χ1n) is 26.7. The van der Waals surface area contributed by atoms with Crippen LogP contribution in [0.3, 0.4) is 0 Å². The molecule has 0 bridgehead atoms. The number of nitrogens with two attached hydrogens (primary N) is 1. The molecule has 10 rings (SSSR count). The number of piperidine rings is 2. The van der Waals surface area contributed by atoms with Crippen molar-refractivity contribution in [1.29, 1.82) is 0 Å². The number of fused-ring (bicyclic) bond motifs is 2. The fourth-order valence-corrected chi connectivity index (χ4v) is 16.5. The molecule has 1 aliphatic carbocycles. The number of carbonyl (C=O) groups is 4. The Hall–Kier alpha value is -5.84. The van der Waals surface area contributed by atoms with E-state index < -0.39 is 74.1 Å². The largest absolute Gasteiger partial charge is 0.480 e. The van der Waals surface area contributed by atoms with Crippen LogP contribution in [0.5, 0.6) is 11.5 Å². The Morgan fingerprint density at radius 2 is 1.66 bits per heavy atom. The van der Waals surface area contributed by atoms with Gasteiger partial charge in [0.25, 0.3) is 0 Å². The van der Waals surface area contributed by atoms with Crippen LogP contribution in [0, 0.1) is 47.9 Å². The van der Waals surface area contributed by atoms with Crippen LogP contribution in [-0.4, -0.2) is 109 Å². The van der Waals surface area contributed by atoms with Gasteiger partial charge < -0.3 is 20.3 Å². The molecular weight excluding hydrogens is 1110 g/mol. The molecule has 0 spiro atoms. The summed E-state index contributed by atoms with van der Waals surface area (Å²) in [6.45, 7) is 10.4. The summed E-state index contributed by atoms with van der Waals surface area (Å²) in [6, 6.07) is 14.2. The maximum Gasteiger partial charge on any atom is -0.00274 e. The second-order valence-corrected chi connectivity index (χ2v) is 25.1. The summed E-state index contributed by atoms with van der Waals surface area (Å²) in [6.07, 6.45) is 4.50. The van der Waals surface area contributed by atoms with Crippen LogP contribution in [0.4, 0.5) is 28.2 Å². The SMILES string of the molecule is Cc1c(F)cc2c(c1-c1c(C(N)=O)ccc(OCCO)c1F)[C@H](C)[C@@](CNC1CCC(C(=O)N3CCC([I-]N4CC[C@@H](c5c(F)cc6c(N7CCC(=O)NC7=O)nn(C)c6c5F)[C@@H](C)C4)[C@H](C)C3)CC1)(c1ccccc1)O2.